The third-order valence-corrected chi connectivity index (χ3v) is 9.67. The van der Waals surface area contributed by atoms with E-state index in [1.54, 1.807) is 18.6 Å². The number of aryl methyl sites for hydroxylation is 1. The maximum absolute atomic E-state index is 5.24. The summed E-state index contributed by atoms with van der Waals surface area (Å²) in [4.78, 5) is 39.3. The summed E-state index contributed by atoms with van der Waals surface area (Å²) >= 11 is 0. The Morgan fingerprint density at radius 1 is 0.519 bits per heavy atom. The Morgan fingerprint density at radius 3 is 1.56 bits per heavy atom. The molecule has 10 rings (SSSR count). The lowest BCUT2D eigenvalue weighted by Crippen LogP contribution is -2.04. The highest BCUT2D eigenvalue weighted by molar-refractivity contribution is 6.03. The van der Waals surface area contributed by atoms with Gasteiger partial charge >= 0.3 is 0 Å². The van der Waals surface area contributed by atoms with E-state index in [2.05, 4.69) is 68.7 Å². The zero-order valence-corrected chi connectivity index (χ0v) is 29.3. The molecule has 0 unspecified atom stereocenters. The number of aliphatic imine (C=N–C) groups is 1. The SMILES string of the molecule is CC(=Nc1cccnc1C)c1cc(-c2nc3cccnc3n2-c2cccc3cccnc23)cc(-c2nc3cccnc3n2-c2cccc3cccnc23)c1. The number of imidazole rings is 2. The number of benzene rings is 3. The van der Waals surface area contributed by atoms with Crippen LogP contribution >= 0.6 is 0 Å². The Labute approximate surface area is 309 Å². The third-order valence-electron chi connectivity index (χ3n) is 9.67. The zero-order chi connectivity index (χ0) is 36.2. The molecule has 10 heteroatoms. The molecule has 256 valence electrons. The van der Waals surface area contributed by atoms with Crippen molar-refractivity contribution in [1.82, 2.24) is 44.0 Å². The van der Waals surface area contributed by atoms with Gasteiger partial charge in [0.15, 0.2) is 11.3 Å². The van der Waals surface area contributed by atoms with Gasteiger partial charge in [0, 0.05) is 58.6 Å². The van der Waals surface area contributed by atoms with Crippen molar-refractivity contribution in [3.63, 3.8) is 0 Å². The van der Waals surface area contributed by atoms with Crippen LogP contribution in [-0.2, 0) is 0 Å². The second-order valence-corrected chi connectivity index (χ2v) is 13.0. The van der Waals surface area contributed by atoms with Gasteiger partial charge in [0.05, 0.1) is 33.8 Å². The van der Waals surface area contributed by atoms with Crippen molar-refractivity contribution in [2.45, 2.75) is 13.8 Å². The molecule has 0 bridgehead atoms. The lowest BCUT2D eigenvalue weighted by atomic mass is 10.0. The number of rotatable bonds is 6. The average Bonchev–Trinajstić information content (AvgIpc) is 3.80. The van der Waals surface area contributed by atoms with Crippen molar-refractivity contribution >= 4 is 55.5 Å². The van der Waals surface area contributed by atoms with E-state index in [0.717, 1.165) is 89.3 Å². The van der Waals surface area contributed by atoms with Crippen LogP contribution in [0.15, 0.2) is 151 Å². The number of hydrogen-bond donors (Lipinski definition) is 0. The van der Waals surface area contributed by atoms with Crippen LogP contribution in [0.1, 0.15) is 18.2 Å². The first-order valence-electron chi connectivity index (χ1n) is 17.6. The lowest BCUT2D eigenvalue weighted by Gasteiger charge is -2.15. The molecule has 0 aliphatic heterocycles. The van der Waals surface area contributed by atoms with Crippen LogP contribution in [0.2, 0.25) is 0 Å². The molecule has 0 fully saturated rings. The molecule has 0 radical (unpaired) electrons. The molecule has 0 aliphatic rings. The van der Waals surface area contributed by atoms with Gasteiger partial charge in [-0.3, -0.25) is 29.1 Å². The van der Waals surface area contributed by atoms with E-state index in [1.165, 1.54) is 0 Å². The molecule has 54 heavy (non-hydrogen) atoms. The van der Waals surface area contributed by atoms with E-state index in [1.807, 2.05) is 86.9 Å². The fourth-order valence-electron chi connectivity index (χ4n) is 7.14. The second kappa shape index (κ2) is 12.6. The van der Waals surface area contributed by atoms with E-state index < -0.39 is 0 Å². The number of fused-ring (bicyclic) bond motifs is 4. The van der Waals surface area contributed by atoms with Crippen molar-refractivity contribution in [3.05, 3.63) is 158 Å². The number of pyridine rings is 5. The fourth-order valence-corrected chi connectivity index (χ4v) is 7.14. The molecule has 10 aromatic rings. The van der Waals surface area contributed by atoms with Crippen LogP contribution < -0.4 is 0 Å². The predicted octanol–water partition coefficient (Wildman–Crippen LogP) is 9.43. The van der Waals surface area contributed by atoms with Gasteiger partial charge in [-0.15, -0.1) is 0 Å². The van der Waals surface area contributed by atoms with Gasteiger partial charge < -0.3 is 0 Å². The molecule has 0 saturated carbocycles. The molecule has 7 heterocycles. The minimum Gasteiger partial charge on any atom is -0.274 e. The Balaban J connectivity index is 1.29. The molecule has 3 aromatic carbocycles. The highest BCUT2D eigenvalue weighted by atomic mass is 15.2. The van der Waals surface area contributed by atoms with E-state index in [-0.39, 0.29) is 0 Å². The van der Waals surface area contributed by atoms with Crippen LogP contribution in [0.5, 0.6) is 0 Å². The Hall–Kier alpha value is -7.46. The van der Waals surface area contributed by atoms with Gasteiger partial charge in [0.2, 0.25) is 0 Å². The molecule has 10 nitrogen and oxygen atoms in total. The van der Waals surface area contributed by atoms with Crippen molar-refractivity contribution in [3.8, 4) is 34.2 Å². The standard InChI is InChI=1S/C44H30N10/c1-27(50-34-14-7-19-45-28(34)2)31-24-32(41-51-35-15-8-22-48-43(35)53(41)37-17-3-10-29-12-5-20-46-39(29)37)26-33(25-31)42-52-36-16-9-23-49-44(36)54(42)38-18-4-11-30-13-6-21-47-40(30)38/h3-26H,1-2H3. The molecular formula is C44H30N10. The average molecular weight is 699 g/mol. The van der Waals surface area contributed by atoms with E-state index in [4.69, 9.17) is 34.9 Å². The van der Waals surface area contributed by atoms with Crippen molar-refractivity contribution < 1.29 is 0 Å². The molecule has 0 atom stereocenters. The van der Waals surface area contributed by atoms with Crippen LogP contribution in [0, 0.1) is 6.92 Å². The molecule has 0 N–H and O–H groups in total. The third kappa shape index (κ3) is 5.19. The number of hydrogen-bond acceptors (Lipinski definition) is 8. The summed E-state index contributed by atoms with van der Waals surface area (Å²) in [5.41, 5.74) is 11.5. The normalized spacial score (nSPS) is 12.0. The largest absolute Gasteiger partial charge is 0.274 e. The number of nitrogens with zero attached hydrogens (tertiary/aromatic N) is 10. The minimum absolute atomic E-state index is 0.711. The van der Waals surface area contributed by atoms with E-state index >= 15 is 0 Å². The first-order valence-corrected chi connectivity index (χ1v) is 17.6. The molecule has 7 aromatic heterocycles. The second-order valence-electron chi connectivity index (χ2n) is 13.0. The predicted molar refractivity (Wildman–Crippen MR) is 214 cm³/mol. The van der Waals surface area contributed by atoms with E-state index in [0.29, 0.717) is 11.6 Å². The van der Waals surface area contributed by atoms with Gasteiger partial charge in [0.1, 0.15) is 22.7 Å². The van der Waals surface area contributed by atoms with Crippen molar-refractivity contribution in [1.29, 1.82) is 0 Å². The summed E-state index contributed by atoms with van der Waals surface area (Å²) in [7, 11) is 0. The Bertz CT molecular complexity index is 2920. The Morgan fingerprint density at radius 2 is 1.00 bits per heavy atom. The fraction of sp³-hybridized carbons (Fsp3) is 0.0455. The highest BCUT2D eigenvalue weighted by Gasteiger charge is 2.23. The lowest BCUT2D eigenvalue weighted by molar-refractivity contribution is 1.07. The maximum atomic E-state index is 5.24. The van der Waals surface area contributed by atoms with Gasteiger partial charge in [0.25, 0.3) is 0 Å². The molecule has 0 saturated heterocycles. The van der Waals surface area contributed by atoms with Gasteiger partial charge in [-0.25, -0.2) is 19.9 Å². The minimum atomic E-state index is 0.711. The first kappa shape index (κ1) is 31.3. The maximum Gasteiger partial charge on any atom is 0.165 e. The van der Waals surface area contributed by atoms with E-state index in [9.17, 15) is 0 Å². The summed E-state index contributed by atoms with van der Waals surface area (Å²) in [6.45, 7) is 3.99. The Kier molecular flexibility index (Phi) is 7.32. The van der Waals surface area contributed by atoms with Gasteiger partial charge in [-0.1, -0.05) is 36.4 Å². The van der Waals surface area contributed by atoms with Crippen LogP contribution in [0.3, 0.4) is 0 Å². The summed E-state index contributed by atoms with van der Waals surface area (Å²) < 4.78 is 4.20. The quantitative estimate of drug-likeness (QED) is 0.159. The smallest absolute Gasteiger partial charge is 0.165 e. The first-order chi connectivity index (χ1) is 26.6. The molecule has 0 amide bonds. The van der Waals surface area contributed by atoms with Crippen LogP contribution in [-0.4, -0.2) is 49.7 Å². The van der Waals surface area contributed by atoms with Crippen molar-refractivity contribution in [2.24, 2.45) is 4.99 Å². The monoisotopic (exact) mass is 698 g/mol. The number of aromatic nitrogens is 9. The summed E-state index contributed by atoms with van der Waals surface area (Å²) in [6.07, 6.45) is 9.01. The van der Waals surface area contributed by atoms with Crippen LogP contribution in [0.4, 0.5) is 5.69 Å². The molecule has 0 aliphatic carbocycles. The summed E-state index contributed by atoms with van der Waals surface area (Å²) in [5, 5.41) is 2.04. The van der Waals surface area contributed by atoms with Gasteiger partial charge in [-0.2, -0.15) is 0 Å². The zero-order valence-electron chi connectivity index (χ0n) is 29.3. The highest BCUT2D eigenvalue weighted by Crippen LogP contribution is 2.36. The van der Waals surface area contributed by atoms with Crippen molar-refractivity contribution in [2.75, 3.05) is 0 Å². The van der Waals surface area contributed by atoms with Gasteiger partial charge in [-0.05, 0) is 98.3 Å². The summed E-state index contributed by atoms with van der Waals surface area (Å²) in [6, 6.07) is 38.5. The number of para-hydroxylation sites is 2. The van der Waals surface area contributed by atoms with Crippen LogP contribution in [0.25, 0.3) is 78.3 Å². The molecule has 0 spiro atoms. The topological polar surface area (TPSA) is 112 Å². The molecular weight excluding hydrogens is 669 g/mol. The summed E-state index contributed by atoms with van der Waals surface area (Å²) in [5.74, 6) is 1.42.